The largest absolute Gasteiger partial charge is 0.459 e. The molecule has 0 fully saturated rings. The van der Waals surface area contributed by atoms with Crippen LogP contribution in [0.5, 0.6) is 0 Å². The molecule has 0 atom stereocenters. The topological polar surface area (TPSA) is 103 Å². The fourth-order valence-corrected chi connectivity index (χ4v) is 2.48. The summed E-state index contributed by atoms with van der Waals surface area (Å²) in [6.07, 6.45) is -0.424. The van der Waals surface area contributed by atoms with E-state index >= 15 is 0 Å². The molecule has 0 aromatic heterocycles. The van der Waals surface area contributed by atoms with Crippen molar-refractivity contribution < 1.29 is 28.6 Å². The van der Waals surface area contributed by atoms with Gasteiger partial charge in [0.2, 0.25) is 0 Å². The standard InChI is InChI=1S/C23H26N2O6/c1-4-29-22(27)24-19-9-5-17(6-10-19)15-18-7-11-20(12-8-18)25-23(28)31-14-13-30-21(26)16(2)3/h5-12H,2,4,13-15H2,1,3H3,(H,24,27)(H,25,28). The number of esters is 1. The van der Waals surface area contributed by atoms with Crippen LogP contribution in [0.4, 0.5) is 21.0 Å². The first-order valence-corrected chi connectivity index (χ1v) is 9.75. The smallest absolute Gasteiger partial charge is 0.411 e. The second-order valence-electron chi connectivity index (χ2n) is 6.59. The van der Waals surface area contributed by atoms with Gasteiger partial charge >= 0.3 is 18.2 Å². The molecule has 0 aliphatic rings. The number of ether oxygens (including phenoxy) is 3. The van der Waals surface area contributed by atoms with E-state index in [-0.39, 0.29) is 18.8 Å². The summed E-state index contributed by atoms with van der Waals surface area (Å²) in [6, 6.07) is 14.8. The van der Waals surface area contributed by atoms with Gasteiger partial charge < -0.3 is 14.2 Å². The maximum Gasteiger partial charge on any atom is 0.411 e. The Morgan fingerprint density at radius 3 is 1.68 bits per heavy atom. The van der Waals surface area contributed by atoms with E-state index in [9.17, 15) is 14.4 Å². The number of nitrogens with one attached hydrogen (secondary N) is 2. The summed E-state index contributed by atoms with van der Waals surface area (Å²) in [4.78, 5) is 34.4. The van der Waals surface area contributed by atoms with Gasteiger partial charge in [-0.1, -0.05) is 30.8 Å². The molecule has 0 saturated carbocycles. The molecule has 0 spiro atoms. The van der Waals surface area contributed by atoms with Gasteiger partial charge in [0.15, 0.2) is 0 Å². The molecular weight excluding hydrogens is 400 g/mol. The maximum atomic E-state index is 11.8. The van der Waals surface area contributed by atoms with Crippen molar-refractivity contribution in [1.82, 2.24) is 0 Å². The van der Waals surface area contributed by atoms with Gasteiger partial charge in [-0.3, -0.25) is 10.6 Å². The van der Waals surface area contributed by atoms with Crippen molar-refractivity contribution in [2.45, 2.75) is 20.3 Å². The summed E-state index contributed by atoms with van der Waals surface area (Å²) in [5.41, 5.74) is 3.65. The van der Waals surface area contributed by atoms with Crippen molar-refractivity contribution in [3.8, 4) is 0 Å². The molecule has 0 radical (unpaired) electrons. The molecule has 31 heavy (non-hydrogen) atoms. The van der Waals surface area contributed by atoms with Crippen LogP contribution < -0.4 is 10.6 Å². The quantitative estimate of drug-likeness (QED) is 0.265. The first-order chi connectivity index (χ1) is 14.9. The first-order valence-electron chi connectivity index (χ1n) is 9.75. The lowest BCUT2D eigenvalue weighted by Gasteiger charge is -2.09. The lowest BCUT2D eigenvalue weighted by molar-refractivity contribution is -0.139. The van der Waals surface area contributed by atoms with Crippen molar-refractivity contribution in [1.29, 1.82) is 0 Å². The summed E-state index contributed by atoms with van der Waals surface area (Å²) in [6.45, 7) is 6.98. The van der Waals surface area contributed by atoms with Crippen molar-refractivity contribution in [3.05, 3.63) is 71.8 Å². The molecular formula is C23H26N2O6. The van der Waals surface area contributed by atoms with Crippen LogP contribution in [-0.4, -0.2) is 38.0 Å². The normalized spacial score (nSPS) is 10.0. The third-order valence-corrected chi connectivity index (χ3v) is 3.98. The van der Waals surface area contributed by atoms with E-state index in [0.29, 0.717) is 24.4 Å². The molecule has 0 aliphatic heterocycles. The molecule has 2 aromatic rings. The lowest BCUT2D eigenvalue weighted by atomic mass is 10.0. The van der Waals surface area contributed by atoms with Crippen LogP contribution in [0.3, 0.4) is 0 Å². The highest BCUT2D eigenvalue weighted by molar-refractivity contribution is 5.87. The van der Waals surface area contributed by atoms with Crippen molar-refractivity contribution in [2.75, 3.05) is 30.5 Å². The van der Waals surface area contributed by atoms with Crippen molar-refractivity contribution >= 4 is 29.5 Å². The Labute approximate surface area is 181 Å². The van der Waals surface area contributed by atoms with Gasteiger partial charge in [-0.25, -0.2) is 14.4 Å². The Bertz CT molecular complexity index is 907. The number of hydrogen-bond donors (Lipinski definition) is 2. The third-order valence-electron chi connectivity index (χ3n) is 3.98. The van der Waals surface area contributed by atoms with Crippen LogP contribution in [0.15, 0.2) is 60.7 Å². The van der Waals surface area contributed by atoms with E-state index in [1.54, 1.807) is 19.1 Å². The summed E-state index contributed by atoms with van der Waals surface area (Å²) in [5.74, 6) is -0.524. The van der Waals surface area contributed by atoms with Crippen LogP contribution >= 0.6 is 0 Å². The zero-order chi connectivity index (χ0) is 22.6. The number of carbonyl (C=O) groups is 3. The molecule has 2 rings (SSSR count). The predicted molar refractivity (Wildman–Crippen MR) is 117 cm³/mol. The van der Waals surface area contributed by atoms with Gasteiger partial charge in [0.25, 0.3) is 0 Å². The fraction of sp³-hybridized carbons (Fsp3) is 0.261. The number of carbonyl (C=O) groups excluding carboxylic acids is 3. The Morgan fingerprint density at radius 1 is 0.774 bits per heavy atom. The van der Waals surface area contributed by atoms with Crippen molar-refractivity contribution in [2.24, 2.45) is 0 Å². The molecule has 2 N–H and O–H groups in total. The van der Waals surface area contributed by atoms with E-state index in [1.165, 1.54) is 6.92 Å². The Morgan fingerprint density at radius 2 is 1.23 bits per heavy atom. The van der Waals surface area contributed by atoms with Gasteiger partial charge in [0, 0.05) is 16.9 Å². The van der Waals surface area contributed by atoms with Gasteiger partial charge in [-0.05, 0) is 55.7 Å². The van der Waals surface area contributed by atoms with E-state index in [1.807, 2.05) is 36.4 Å². The number of amides is 2. The van der Waals surface area contributed by atoms with Gasteiger partial charge in [-0.2, -0.15) is 0 Å². The second-order valence-corrected chi connectivity index (χ2v) is 6.59. The number of benzene rings is 2. The number of anilines is 2. The molecule has 0 aliphatic carbocycles. The van der Waals surface area contributed by atoms with Crippen LogP contribution in [0.2, 0.25) is 0 Å². The SMILES string of the molecule is C=C(C)C(=O)OCCOC(=O)Nc1ccc(Cc2ccc(NC(=O)OCC)cc2)cc1. The Kier molecular flexibility index (Phi) is 9.10. The van der Waals surface area contributed by atoms with E-state index in [4.69, 9.17) is 14.2 Å². The number of hydrogen-bond acceptors (Lipinski definition) is 6. The highest BCUT2D eigenvalue weighted by Gasteiger charge is 2.07. The van der Waals surface area contributed by atoms with E-state index in [0.717, 1.165) is 11.1 Å². The van der Waals surface area contributed by atoms with Gasteiger partial charge in [-0.15, -0.1) is 0 Å². The fourth-order valence-electron chi connectivity index (χ4n) is 2.48. The minimum Gasteiger partial charge on any atom is -0.459 e. The minimum absolute atomic E-state index is 0.0356. The first kappa shape index (κ1) is 23.5. The minimum atomic E-state index is -0.635. The summed E-state index contributed by atoms with van der Waals surface area (Å²) in [7, 11) is 0. The van der Waals surface area contributed by atoms with Crippen LogP contribution in [-0.2, 0) is 25.4 Å². The second kappa shape index (κ2) is 12.0. The Balaban J connectivity index is 1.77. The maximum absolute atomic E-state index is 11.8. The lowest BCUT2D eigenvalue weighted by Crippen LogP contribution is -2.18. The van der Waals surface area contributed by atoms with Gasteiger partial charge in [0.05, 0.1) is 6.61 Å². The van der Waals surface area contributed by atoms with Crippen molar-refractivity contribution in [3.63, 3.8) is 0 Å². The summed E-state index contributed by atoms with van der Waals surface area (Å²) in [5, 5.41) is 5.26. The van der Waals surface area contributed by atoms with Crippen LogP contribution in [0, 0.1) is 0 Å². The highest BCUT2D eigenvalue weighted by atomic mass is 16.6. The average Bonchev–Trinajstić information content (AvgIpc) is 2.74. The number of rotatable bonds is 9. The zero-order valence-corrected chi connectivity index (χ0v) is 17.6. The summed E-state index contributed by atoms with van der Waals surface area (Å²) < 4.78 is 14.6. The molecule has 0 heterocycles. The highest BCUT2D eigenvalue weighted by Crippen LogP contribution is 2.16. The molecule has 2 amide bonds. The monoisotopic (exact) mass is 426 g/mol. The Hall–Kier alpha value is -3.81. The molecule has 0 unspecified atom stereocenters. The molecule has 8 heteroatoms. The molecule has 164 valence electrons. The van der Waals surface area contributed by atoms with Crippen LogP contribution in [0.25, 0.3) is 0 Å². The van der Waals surface area contributed by atoms with E-state index in [2.05, 4.69) is 17.2 Å². The molecule has 2 aromatic carbocycles. The average molecular weight is 426 g/mol. The molecule has 0 bridgehead atoms. The zero-order valence-electron chi connectivity index (χ0n) is 17.6. The third kappa shape index (κ3) is 8.61. The molecule has 0 saturated heterocycles. The van der Waals surface area contributed by atoms with Crippen LogP contribution in [0.1, 0.15) is 25.0 Å². The molecule has 8 nitrogen and oxygen atoms in total. The summed E-state index contributed by atoms with van der Waals surface area (Å²) >= 11 is 0. The van der Waals surface area contributed by atoms with Gasteiger partial charge in [0.1, 0.15) is 13.2 Å². The predicted octanol–water partition coefficient (Wildman–Crippen LogP) is 4.51. The van der Waals surface area contributed by atoms with E-state index < -0.39 is 18.2 Å².